The number of aromatic nitrogens is 2. The molecule has 1 aromatic carbocycles. The van der Waals surface area contributed by atoms with Gasteiger partial charge in [-0.15, -0.1) is 0 Å². The molecule has 0 amide bonds. The van der Waals surface area contributed by atoms with E-state index in [1.165, 1.54) is 0 Å². The Kier molecular flexibility index (Phi) is 3.88. The van der Waals surface area contributed by atoms with Crippen LogP contribution in [-0.4, -0.2) is 32.0 Å². The average Bonchev–Trinajstić information content (AvgIpc) is 3.44. The van der Waals surface area contributed by atoms with Gasteiger partial charge in [0.15, 0.2) is 0 Å². The van der Waals surface area contributed by atoms with Gasteiger partial charge in [0.1, 0.15) is 17.5 Å². The number of nitrogens with zero attached hydrogens (tertiary/aromatic N) is 3. The molecule has 1 aliphatic carbocycles. The second-order valence-electron chi connectivity index (χ2n) is 6.64. The first-order valence-corrected chi connectivity index (χ1v) is 9.95. The highest BCUT2D eigenvalue weighted by Gasteiger charge is 2.28. The standard InChI is InChI=1S/C17H21N5O2S/c1-19-15-9-16(21-17(20-15)12-2-3-12)22-7-6-11-4-5-14(25(18,23)24)8-13(11)10-22/h4-5,8-9,12H,2-3,6-7,10H2,1H3,(H2,18,23,24)(H,19,20,21). The van der Waals surface area contributed by atoms with Gasteiger partial charge < -0.3 is 10.2 Å². The highest BCUT2D eigenvalue weighted by atomic mass is 32.2. The first-order chi connectivity index (χ1) is 11.9. The summed E-state index contributed by atoms with van der Waals surface area (Å²) in [5.41, 5.74) is 2.14. The van der Waals surface area contributed by atoms with Gasteiger partial charge in [-0.2, -0.15) is 0 Å². The third kappa shape index (κ3) is 3.32. The Bertz CT molecular complexity index is 925. The third-order valence-corrected chi connectivity index (χ3v) is 5.68. The topological polar surface area (TPSA) is 101 Å². The van der Waals surface area contributed by atoms with Crippen LogP contribution in [0, 0.1) is 0 Å². The monoisotopic (exact) mass is 359 g/mol. The zero-order valence-corrected chi connectivity index (χ0v) is 14.9. The number of nitrogens with one attached hydrogen (secondary N) is 1. The van der Waals surface area contributed by atoms with Crippen LogP contribution in [0.1, 0.15) is 35.7 Å². The summed E-state index contributed by atoms with van der Waals surface area (Å²) in [4.78, 5) is 11.6. The van der Waals surface area contributed by atoms with Gasteiger partial charge in [0.25, 0.3) is 0 Å². The maximum absolute atomic E-state index is 11.6. The fourth-order valence-corrected chi connectivity index (χ4v) is 3.74. The van der Waals surface area contributed by atoms with Crippen molar-refractivity contribution in [1.29, 1.82) is 0 Å². The van der Waals surface area contributed by atoms with E-state index in [2.05, 4.69) is 15.2 Å². The number of primary sulfonamides is 1. The van der Waals surface area contributed by atoms with E-state index >= 15 is 0 Å². The number of hydrogen-bond donors (Lipinski definition) is 2. The quantitative estimate of drug-likeness (QED) is 0.860. The van der Waals surface area contributed by atoms with E-state index < -0.39 is 10.0 Å². The van der Waals surface area contributed by atoms with Crippen molar-refractivity contribution in [3.05, 3.63) is 41.2 Å². The molecular formula is C17H21N5O2S. The Balaban J connectivity index is 1.67. The Labute approximate surface area is 147 Å². The molecule has 0 bridgehead atoms. The van der Waals surface area contributed by atoms with Gasteiger partial charge in [0.2, 0.25) is 10.0 Å². The predicted molar refractivity (Wildman–Crippen MR) is 96.1 cm³/mol. The Morgan fingerprint density at radius 3 is 2.68 bits per heavy atom. The lowest BCUT2D eigenvalue weighted by Crippen LogP contribution is -2.31. The number of benzene rings is 1. The van der Waals surface area contributed by atoms with Gasteiger partial charge in [-0.05, 0) is 42.5 Å². The highest BCUT2D eigenvalue weighted by molar-refractivity contribution is 7.89. The molecule has 2 aliphatic rings. The van der Waals surface area contributed by atoms with Crippen molar-refractivity contribution < 1.29 is 8.42 Å². The smallest absolute Gasteiger partial charge is 0.238 e. The SMILES string of the molecule is CNc1cc(N2CCc3ccc(S(N)(=O)=O)cc3C2)nc(C2CC2)n1. The van der Waals surface area contributed by atoms with Gasteiger partial charge in [0, 0.05) is 32.1 Å². The third-order valence-electron chi connectivity index (χ3n) is 4.77. The van der Waals surface area contributed by atoms with Crippen LogP contribution < -0.4 is 15.4 Å². The molecule has 1 aliphatic heterocycles. The lowest BCUT2D eigenvalue weighted by molar-refractivity contribution is 0.597. The van der Waals surface area contributed by atoms with Crippen LogP contribution >= 0.6 is 0 Å². The summed E-state index contributed by atoms with van der Waals surface area (Å²) < 4.78 is 23.2. The van der Waals surface area contributed by atoms with E-state index in [0.29, 0.717) is 12.5 Å². The molecule has 2 aromatic rings. The molecular weight excluding hydrogens is 338 g/mol. The molecule has 1 saturated carbocycles. The Hall–Kier alpha value is -2.19. The predicted octanol–water partition coefficient (Wildman–Crippen LogP) is 1.61. The number of rotatable bonds is 4. The molecule has 0 atom stereocenters. The minimum Gasteiger partial charge on any atom is -0.373 e. The number of sulfonamides is 1. The molecule has 1 fully saturated rings. The Morgan fingerprint density at radius 2 is 2.00 bits per heavy atom. The molecule has 7 nitrogen and oxygen atoms in total. The van der Waals surface area contributed by atoms with Gasteiger partial charge >= 0.3 is 0 Å². The molecule has 132 valence electrons. The van der Waals surface area contributed by atoms with Crippen LogP contribution in [0.15, 0.2) is 29.2 Å². The minimum atomic E-state index is -3.69. The van der Waals surface area contributed by atoms with Crippen LogP contribution in [0.4, 0.5) is 11.6 Å². The van der Waals surface area contributed by atoms with Gasteiger partial charge in [-0.3, -0.25) is 0 Å². The molecule has 0 unspecified atom stereocenters. The van der Waals surface area contributed by atoms with Crippen molar-refractivity contribution in [3.63, 3.8) is 0 Å². The summed E-state index contributed by atoms with van der Waals surface area (Å²) in [7, 11) is -1.84. The summed E-state index contributed by atoms with van der Waals surface area (Å²) in [6.07, 6.45) is 3.14. The lowest BCUT2D eigenvalue weighted by Gasteiger charge is -2.30. The molecule has 0 spiro atoms. The lowest BCUT2D eigenvalue weighted by atomic mass is 10.00. The second kappa shape index (κ2) is 5.96. The van der Waals surface area contributed by atoms with E-state index in [-0.39, 0.29) is 4.90 Å². The first kappa shape index (κ1) is 16.3. The zero-order chi connectivity index (χ0) is 17.6. The summed E-state index contributed by atoms with van der Waals surface area (Å²) in [5, 5.41) is 8.37. The van der Waals surface area contributed by atoms with Crippen LogP contribution in [0.5, 0.6) is 0 Å². The van der Waals surface area contributed by atoms with E-state index in [1.54, 1.807) is 12.1 Å². The van der Waals surface area contributed by atoms with Crippen LogP contribution in [-0.2, 0) is 23.0 Å². The number of hydrogen-bond acceptors (Lipinski definition) is 6. The van der Waals surface area contributed by atoms with Crippen molar-refractivity contribution >= 4 is 21.7 Å². The van der Waals surface area contributed by atoms with Gasteiger partial charge in [-0.1, -0.05) is 6.07 Å². The maximum atomic E-state index is 11.6. The van der Waals surface area contributed by atoms with E-state index in [9.17, 15) is 8.42 Å². The molecule has 8 heteroatoms. The fraction of sp³-hybridized carbons (Fsp3) is 0.412. The normalized spacial score (nSPS) is 17.3. The summed E-state index contributed by atoms with van der Waals surface area (Å²) in [5.74, 6) is 3.06. The number of nitrogens with two attached hydrogens (primary N) is 1. The molecule has 0 radical (unpaired) electrons. The highest BCUT2D eigenvalue weighted by Crippen LogP contribution is 2.39. The largest absolute Gasteiger partial charge is 0.373 e. The molecule has 25 heavy (non-hydrogen) atoms. The van der Waals surface area contributed by atoms with Crippen molar-refractivity contribution in [2.24, 2.45) is 5.14 Å². The van der Waals surface area contributed by atoms with E-state index in [4.69, 9.17) is 10.1 Å². The first-order valence-electron chi connectivity index (χ1n) is 8.40. The van der Waals surface area contributed by atoms with Crippen LogP contribution in [0.2, 0.25) is 0 Å². The molecule has 1 aromatic heterocycles. The van der Waals surface area contributed by atoms with Gasteiger partial charge in [-0.25, -0.2) is 23.5 Å². The van der Waals surface area contributed by atoms with E-state index in [0.717, 1.165) is 54.4 Å². The molecule has 4 rings (SSSR count). The summed E-state index contributed by atoms with van der Waals surface area (Å²) >= 11 is 0. The molecule has 0 saturated heterocycles. The van der Waals surface area contributed by atoms with Crippen molar-refractivity contribution in [1.82, 2.24) is 9.97 Å². The Morgan fingerprint density at radius 1 is 1.20 bits per heavy atom. The van der Waals surface area contributed by atoms with Crippen molar-refractivity contribution in [3.8, 4) is 0 Å². The summed E-state index contributed by atoms with van der Waals surface area (Å²) in [6.45, 7) is 1.45. The van der Waals surface area contributed by atoms with Gasteiger partial charge in [0.05, 0.1) is 4.90 Å². The zero-order valence-electron chi connectivity index (χ0n) is 14.1. The van der Waals surface area contributed by atoms with Crippen LogP contribution in [0.25, 0.3) is 0 Å². The molecule has 3 N–H and O–H groups in total. The van der Waals surface area contributed by atoms with Crippen molar-refractivity contribution in [2.45, 2.75) is 36.6 Å². The van der Waals surface area contributed by atoms with Crippen molar-refractivity contribution in [2.75, 3.05) is 23.8 Å². The second-order valence-corrected chi connectivity index (χ2v) is 8.20. The maximum Gasteiger partial charge on any atom is 0.238 e. The number of anilines is 2. The number of fused-ring (bicyclic) bond motifs is 1. The summed E-state index contributed by atoms with van der Waals surface area (Å²) in [6, 6.07) is 7.07. The molecule has 2 heterocycles. The van der Waals surface area contributed by atoms with Crippen LogP contribution in [0.3, 0.4) is 0 Å². The average molecular weight is 359 g/mol. The minimum absolute atomic E-state index is 0.158. The van der Waals surface area contributed by atoms with E-state index in [1.807, 2.05) is 19.2 Å². The fourth-order valence-electron chi connectivity index (χ4n) is 3.17.